The van der Waals surface area contributed by atoms with Crippen molar-refractivity contribution in [1.82, 2.24) is 14.8 Å². The van der Waals surface area contributed by atoms with Crippen LogP contribution in [0, 0.1) is 19.8 Å². The van der Waals surface area contributed by atoms with Gasteiger partial charge in [-0.25, -0.2) is 0 Å². The molecule has 178 valence electrons. The maximum absolute atomic E-state index is 13.8. The number of hydrogen-bond donors (Lipinski definition) is 1. The molecule has 1 aromatic heterocycles. The minimum atomic E-state index is -0.314. The van der Waals surface area contributed by atoms with E-state index in [0.29, 0.717) is 25.2 Å². The lowest BCUT2D eigenvalue weighted by Crippen LogP contribution is -2.50. The summed E-state index contributed by atoms with van der Waals surface area (Å²) in [4.78, 5) is 41.0. The van der Waals surface area contributed by atoms with Crippen molar-refractivity contribution in [2.45, 2.75) is 32.7 Å². The molecule has 0 radical (unpaired) electrons. The van der Waals surface area contributed by atoms with Crippen LogP contribution in [0.4, 0.5) is 0 Å². The van der Waals surface area contributed by atoms with Gasteiger partial charge in [0.1, 0.15) is 5.70 Å². The molecule has 5 rings (SSSR count). The lowest BCUT2D eigenvalue weighted by atomic mass is 9.83. The molecule has 2 aliphatic rings. The maximum Gasteiger partial charge on any atom is 0.270 e. The highest BCUT2D eigenvalue weighted by Gasteiger charge is 2.37. The lowest BCUT2D eigenvalue weighted by molar-refractivity contribution is -0.130. The molecule has 1 fully saturated rings. The normalized spacial score (nSPS) is 19.1. The van der Waals surface area contributed by atoms with Crippen LogP contribution >= 0.6 is 0 Å². The van der Waals surface area contributed by atoms with Gasteiger partial charge in [0.15, 0.2) is 0 Å². The van der Waals surface area contributed by atoms with Crippen molar-refractivity contribution in [2.75, 3.05) is 13.1 Å². The predicted octanol–water partition coefficient (Wildman–Crippen LogP) is 3.88. The van der Waals surface area contributed by atoms with Crippen LogP contribution < -0.4 is 10.9 Å². The van der Waals surface area contributed by atoms with Crippen molar-refractivity contribution in [3.63, 3.8) is 0 Å². The SMILES string of the molecule is Cc1ccc(/C=C(\NC(=O)c2ccc(C)cc2)C(=O)N2C[C@H]3C[C@@H](C2)c2cccc(=O)n2C3)cc1. The Hall–Kier alpha value is -3.93. The van der Waals surface area contributed by atoms with E-state index in [0.717, 1.165) is 28.8 Å². The van der Waals surface area contributed by atoms with Crippen molar-refractivity contribution in [2.24, 2.45) is 5.92 Å². The standard InChI is InChI=1S/C29H29N3O3/c1-19-6-10-21(11-7-19)15-25(30-28(34)23-12-8-20(2)9-13-23)29(35)31-16-22-14-24(18-31)26-4-3-5-27(33)32(26)17-22/h3-13,15,22,24H,14,16-18H2,1-2H3,(H,30,34)/b25-15-/t22-,24+/m1/s1. The van der Waals surface area contributed by atoms with Crippen molar-refractivity contribution >= 4 is 17.9 Å². The minimum absolute atomic E-state index is 0.0160. The number of pyridine rings is 1. The Morgan fingerprint density at radius 1 is 0.886 bits per heavy atom. The van der Waals surface area contributed by atoms with E-state index in [1.165, 1.54) is 0 Å². The number of carbonyl (C=O) groups excluding carboxylic acids is 2. The highest BCUT2D eigenvalue weighted by molar-refractivity contribution is 6.05. The zero-order chi connectivity index (χ0) is 24.5. The molecule has 2 amide bonds. The smallest absolute Gasteiger partial charge is 0.270 e. The molecule has 0 unspecified atom stereocenters. The average molecular weight is 468 g/mol. The molecule has 3 aromatic rings. The number of nitrogens with one attached hydrogen (secondary N) is 1. The molecule has 1 saturated heterocycles. The molecule has 2 aromatic carbocycles. The molecule has 1 N–H and O–H groups in total. The Bertz CT molecular complexity index is 1350. The first-order chi connectivity index (χ1) is 16.9. The van der Waals surface area contributed by atoms with E-state index in [1.54, 1.807) is 30.3 Å². The molecule has 0 spiro atoms. The number of rotatable bonds is 4. The Labute approximate surface area is 204 Å². The van der Waals surface area contributed by atoms with E-state index in [1.807, 2.05) is 65.8 Å². The fraction of sp³-hybridized carbons (Fsp3) is 0.276. The van der Waals surface area contributed by atoms with Crippen molar-refractivity contribution in [3.8, 4) is 0 Å². The van der Waals surface area contributed by atoms with Crippen LogP contribution in [0.2, 0.25) is 0 Å². The number of carbonyl (C=O) groups is 2. The molecule has 2 bridgehead atoms. The average Bonchev–Trinajstić information content (AvgIpc) is 2.85. The molecule has 6 heteroatoms. The van der Waals surface area contributed by atoms with Gasteiger partial charge in [-0.1, -0.05) is 53.6 Å². The van der Waals surface area contributed by atoms with Crippen molar-refractivity contribution in [3.05, 3.63) is 111 Å². The van der Waals surface area contributed by atoms with E-state index < -0.39 is 0 Å². The quantitative estimate of drug-likeness (QED) is 0.592. The Morgan fingerprint density at radius 2 is 1.57 bits per heavy atom. The number of benzene rings is 2. The Balaban J connectivity index is 1.44. The van der Waals surface area contributed by atoms with Gasteiger partial charge in [-0.15, -0.1) is 0 Å². The molecular weight excluding hydrogens is 438 g/mol. The van der Waals surface area contributed by atoms with E-state index in [9.17, 15) is 14.4 Å². The number of aromatic nitrogens is 1. The number of amides is 2. The molecular formula is C29H29N3O3. The monoisotopic (exact) mass is 467 g/mol. The second-order valence-corrected chi connectivity index (χ2v) is 9.70. The van der Waals surface area contributed by atoms with Gasteiger partial charge in [0, 0.05) is 42.9 Å². The van der Waals surface area contributed by atoms with Gasteiger partial charge < -0.3 is 14.8 Å². The third kappa shape index (κ3) is 4.83. The van der Waals surface area contributed by atoms with Gasteiger partial charge in [-0.05, 0) is 56.0 Å². The second kappa shape index (κ2) is 9.37. The molecule has 2 atom stereocenters. The first kappa shape index (κ1) is 22.8. The molecule has 0 saturated carbocycles. The van der Waals surface area contributed by atoms with Gasteiger partial charge >= 0.3 is 0 Å². The number of fused-ring (bicyclic) bond motifs is 4. The fourth-order valence-electron chi connectivity index (χ4n) is 5.11. The van der Waals surface area contributed by atoms with Gasteiger partial charge in [-0.3, -0.25) is 14.4 Å². The molecule has 2 aliphatic heterocycles. The number of piperidine rings is 1. The summed E-state index contributed by atoms with van der Waals surface area (Å²) in [5, 5.41) is 2.88. The van der Waals surface area contributed by atoms with Crippen LogP contribution in [-0.4, -0.2) is 34.4 Å². The number of aryl methyl sites for hydroxylation is 2. The highest BCUT2D eigenvalue weighted by atomic mass is 16.2. The lowest BCUT2D eigenvalue weighted by Gasteiger charge is -2.43. The zero-order valence-corrected chi connectivity index (χ0v) is 20.0. The Kier molecular flexibility index (Phi) is 6.12. The van der Waals surface area contributed by atoms with Crippen LogP contribution in [0.5, 0.6) is 0 Å². The van der Waals surface area contributed by atoms with Crippen LogP contribution in [0.15, 0.2) is 77.2 Å². The summed E-state index contributed by atoms with van der Waals surface area (Å²) in [7, 11) is 0. The molecule has 6 nitrogen and oxygen atoms in total. The van der Waals surface area contributed by atoms with Gasteiger partial charge in [0.05, 0.1) is 0 Å². The topological polar surface area (TPSA) is 71.4 Å². The summed E-state index contributed by atoms with van der Waals surface area (Å²) in [6, 6.07) is 20.5. The highest BCUT2D eigenvalue weighted by Crippen LogP contribution is 2.35. The summed E-state index contributed by atoms with van der Waals surface area (Å²) in [5.74, 6) is -0.203. The number of hydrogen-bond acceptors (Lipinski definition) is 3. The van der Waals surface area contributed by atoms with E-state index in [2.05, 4.69) is 5.32 Å². The fourth-order valence-corrected chi connectivity index (χ4v) is 5.11. The predicted molar refractivity (Wildman–Crippen MR) is 136 cm³/mol. The Morgan fingerprint density at radius 3 is 2.29 bits per heavy atom. The van der Waals surface area contributed by atoms with Crippen LogP contribution in [0.25, 0.3) is 6.08 Å². The van der Waals surface area contributed by atoms with Gasteiger partial charge in [-0.2, -0.15) is 0 Å². The van der Waals surface area contributed by atoms with Gasteiger partial charge in [0.2, 0.25) is 0 Å². The molecule has 35 heavy (non-hydrogen) atoms. The summed E-state index contributed by atoms with van der Waals surface area (Å²) < 4.78 is 1.85. The van der Waals surface area contributed by atoms with Crippen LogP contribution in [-0.2, 0) is 11.3 Å². The number of likely N-dealkylation sites (tertiary alicyclic amines) is 1. The first-order valence-corrected chi connectivity index (χ1v) is 12.0. The minimum Gasteiger partial charge on any atom is -0.336 e. The van der Waals surface area contributed by atoms with Gasteiger partial charge in [0.25, 0.3) is 17.4 Å². The first-order valence-electron chi connectivity index (χ1n) is 12.0. The van der Waals surface area contributed by atoms with Crippen molar-refractivity contribution in [1.29, 1.82) is 0 Å². The maximum atomic E-state index is 13.8. The van der Waals surface area contributed by atoms with Crippen LogP contribution in [0.3, 0.4) is 0 Å². The number of nitrogens with zero attached hydrogens (tertiary/aromatic N) is 2. The van der Waals surface area contributed by atoms with Crippen LogP contribution in [0.1, 0.15) is 45.1 Å². The summed E-state index contributed by atoms with van der Waals surface area (Å²) in [6.07, 6.45) is 2.71. The largest absolute Gasteiger partial charge is 0.336 e. The molecule has 0 aliphatic carbocycles. The van der Waals surface area contributed by atoms with E-state index in [4.69, 9.17) is 0 Å². The van der Waals surface area contributed by atoms with Crippen molar-refractivity contribution < 1.29 is 9.59 Å². The van der Waals surface area contributed by atoms with E-state index >= 15 is 0 Å². The summed E-state index contributed by atoms with van der Waals surface area (Å²) in [6.45, 7) is 5.66. The second-order valence-electron chi connectivity index (χ2n) is 9.70. The van der Waals surface area contributed by atoms with E-state index in [-0.39, 0.29) is 34.9 Å². The third-order valence-electron chi connectivity index (χ3n) is 6.95. The summed E-state index contributed by atoms with van der Waals surface area (Å²) in [5.41, 5.74) is 4.79. The zero-order valence-electron chi connectivity index (χ0n) is 20.0. The summed E-state index contributed by atoms with van der Waals surface area (Å²) >= 11 is 0. The third-order valence-corrected chi connectivity index (χ3v) is 6.95. The molecule has 3 heterocycles.